The number of hydrogen-bond donors (Lipinski definition) is 1. The van der Waals surface area contributed by atoms with Crippen LogP contribution in [0.4, 0.5) is 4.79 Å². The smallest absolute Gasteiger partial charge is 0.408 e. The van der Waals surface area contributed by atoms with Crippen molar-refractivity contribution >= 4 is 34.9 Å². The van der Waals surface area contributed by atoms with E-state index in [1.807, 2.05) is 0 Å². The van der Waals surface area contributed by atoms with Crippen molar-refractivity contribution in [3.05, 3.63) is 0 Å². The molecule has 1 amide bonds. The zero-order valence-electron chi connectivity index (χ0n) is 12.9. The van der Waals surface area contributed by atoms with E-state index in [-0.39, 0.29) is 6.10 Å². The van der Waals surface area contributed by atoms with Gasteiger partial charge in [0.05, 0.1) is 0 Å². The van der Waals surface area contributed by atoms with Gasteiger partial charge < -0.3 is 14.8 Å². The normalized spacial score (nSPS) is 30.0. The lowest BCUT2D eigenvalue weighted by Crippen LogP contribution is -2.58. The maximum atomic E-state index is 12.0. The second-order valence-corrected chi connectivity index (χ2v) is 7.90. The Labute approximate surface area is 139 Å². The van der Waals surface area contributed by atoms with E-state index in [1.165, 1.54) is 6.42 Å². The number of fused-ring (bicyclic) bond motifs is 2. The first-order valence-corrected chi connectivity index (χ1v) is 8.26. The largest absolute Gasteiger partial charge is 0.461 e. The number of hydrogen-bond acceptors (Lipinski definition) is 5. The lowest BCUT2D eigenvalue weighted by atomic mass is 9.81. The van der Waals surface area contributed by atoms with Gasteiger partial charge in [-0.2, -0.15) is 0 Å². The van der Waals surface area contributed by atoms with Gasteiger partial charge in [0.2, 0.25) is 0 Å². The van der Waals surface area contributed by atoms with Gasteiger partial charge in [-0.1, -0.05) is 0 Å². The van der Waals surface area contributed by atoms with E-state index < -0.39 is 23.7 Å². The molecule has 1 N–H and O–H groups in total. The number of nitrogens with zero attached hydrogens (tertiary/aromatic N) is 1. The fourth-order valence-electron chi connectivity index (χ4n) is 2.68. The van der Waals surface area contributed by atoms with E-state index >= 15 is 0 Å². The summed E-state index contributed by atoms with van der Waals surface area (Å²) in [5.74, 6) is -0.396. The van der Waals surface area contributed by atoms with Gasteiger partial charge in [0.25, 0.3) is 0 Å². The highest BCUT2D eigenvalue weighted by molar-refractivity contribution is 14.1. The number of piperidine rings is 1. The van der Waals surface area contributed by atoms with Crippen LogP contribution in [0.25, 0.3) is 0 Å². The Balaban J connectivity index is 1.74. The lowest BCUT2D eigenvalue weighted by Gasteiger charge is -2.51. The highest BCUT2D eigenvalue weighted by Crippen LogP contribution is 2.41. The molecule has 3 aliphatic rings. The molecule has 2 aliphatic heterocycles. The number of alkyl carbamates (subject to hydrolysis) is 1. The van der Waals surface area contributed by atoms with Gasteiger partial charge in [-0.15, -0.1) is 0 Å². The fraction of sp³-hybridized carbons (Fsp3) is 0.857. The van der Waals surface area contributed by atoms with Gasteiger partial charge in [-0.05, 0) is 34.1 Å². The highest BCUT2D eigenvalue weighted by Gasteiger charge is 2.45. The van der Waals surface area contributed by atoms with E-state index in [0.717, 1.165) is 12.8 Å². The van der Waals surface area contributed by atoms with Gasteiger partial charge >= 0.3 is 12.1 Å². The molecule has 0 aromatic heterocycles. The molecule has 0 spiro atoms. The Kier molecular flexibility index (Phi) is 5.02. The quantitative estimate of drug-likeness (QED) is 0.440. The van der Waals surface area contributed by atoms with Crippen molar-refractivity contribution in [3.63, 3.8) is 0 Å². The maximum absolute atomic E-state index is 12.0. The van der Waals surface area contributed by atoms with Crippen molar-refractivity contribution in [2.45, 2.75) is 76.8 Å². The van der Waals surface area contributed by atoms with Crippen LogP contribution in [-0.2, 0) is 14.3 Å². The van der Waals surface area contributed by atoms with E-state index in [9.17, 15) is 9.59 Å². The summed E-state index contributed by atoms with van der Waals surface area (Å²) in [4.78, 5) is 23.6. The van der Waals surface area contributed by atoms with Crippen molar-refractivity contribution in [1.29, 1.82) is 0 Å². The molecule has 2 heterocycles. The molecule has 0 aromatic rings. The van der Waals surface area contributed by atoms with Crippen LogP contribution >= 0.6 is 22.9 Å². The first kappa shape index (κ1) is 16.8. The lowest BCUT2D eigenvalue weighted by molar-refractivity contribution is -0.157. The van der Waals surface area contributed by atoms with Crippen LogP contribution in [0.5, 0.6) is 0 Å². The molecule has 3 rings (SSSR count). The van der Waals surface area contributed by atoms with Crippen LogP contribution in [0.3, 0.4) is 0 Å². The zero-order valence-corrected chi connectivity index (χ0v) is 15.0. The second-order valence-electron chi connectivity index (χ2n) is 6.79. The average molecular weight is 410 g/mol. The minimum atomic E-state index is -0.700. The summed E-state index contributed by atoms with van der Waals surface area (Å²) in [6.07, 6.45) is 2.32. The number of carbonyl (C=O) groups excluding carboxylic acids is 2. The third-order valence-corrected chi connectivity index (χ3v) is 5.26. The fourth-order valence-corrected chi connectivity index (χ4v) is 3.59. The molecule has 0 radical (unpaired) electrons. The molecular weight excluding hydrogens is 387 g/mol. The van der Waals surface area contributed by atoms with Crippen LogP contribution in [0.2, 0.25) is 0 Å². The molecular formula is C14H23IN2O4. The Hall–Kier alpha value is -0.570. The maximum Gasteiger partial charge on any atom is 0.408 e. The third kappa shape index (κ3) is 4.45. The zero-order chi connectivity index (χ0) is 15.8. The predicted octanol–water partition coefficient (Wildman–Crippen LogP) is 2.40. The summed E-state index contributed by atoms with van der Waals surface area (Å²) in [5.41, 5.74) is -0.581. The predicted molar refractivity (Wildman–Crippen MR) is 86.0 cm³/mol. The van der Waals surface area contributed by atoms with Crippen molar-refractivity contribution in [1.82, 2.24) is 8.43 Å². The second kappa shape index (κ2) is 6.28. The number of ether oxygens (including phenoxy) is 2. The molecule has 2 bridgehead atoms. The van der Waals surface area contributed by atoms with Crippen LogP contribution < -0.4 is 5.32 Å². The summed E-state index contributed by atoms with van der Waals surface area (Å²) < 4.78 is 12.9. The van der Waals surface area contributed by atoms with E-state index in [0.29, 0.717) is 12.1 Å². The van der Waals surface area contributed by atoms with Crippen LogP contribution in [-0.4, -0.2) is 45.0 Å². The Morgan fingerprint density at radius 2 is 1.81 bits per heavy atom. The van der Waals surface area contributed by atoms with E-state index in [4.69, 9.17) is 9.47 Å². The Bertz CT molecular complexity index is 412. The van der Waals surface area contributed by atoms with Gasteiger partial charge in [-0.25, -0.2) is 12.7 Å². The first-order valence-electron chi connectivity index (χ1n) is 7.30. The molecule has 1 saturated carbocycles. The number of esters is 1. The number of rotatable bonds is 3. The van der Waals surface area contributed by atoms with Crippen molar-refractivity contribution in [2.75, 3.05) is 0 Å². The summed E-state index contributed by atoms with van der Waals surface area (Å²) in [7, 11) is 0. The number of amides is 1. The highest BCUT2D eigenvalue weighted by atomic mass is 127. The Morgan fingerprint density at radius 3 is 2.29 bits per heavy atom. The molecule has 2 saturated heterocycles. The third-order valence-electron chi connectivity index (χ3n) is 3.68. The molecule has 0 aromatic carbocycles. The average Bonchev–Trinajstić information content (AvgIpc) is 2.35. The molecule has 2 unspecified atom stereocenters. The summed E-state index contributed by atoms with van der Waals surface area (Å²) in [6, 6.07) is 0.348. The molecule has 7 heteroatoms. The van der Waals surface area contributed by atoms with Crippen LogP contribution in [0.15, 0.2) is 0 Å². The first-order chi connectivity index (χ1) is 9.65. The van der Waals surface area contributed by atoms with Gasteiger partial charge in [0.15, 0.2) is 0 Å². The van der Waals surface area contributed by atoms with Gasteiger partial charge in [0.1, 0.15) is 17.7 Å². The standard InChI is InChI=1S/C14H23IN2O4/c1-8(16-13(19)21-14(2,3)4)12(18)20-11-6-9-5-10(7-11)17(9)15/h8-11H,5-7H2,1-4H3,(H,16,19)/t8-,9?,10?,11?/m0/s1. The Morgan fingerprint density at radius 1 is 1.24 bits per heavy atom. The van der Waals surface area contributed by atoms with Gasteiger partial charge in [-0.3, -0.25) is 0 Å². The SMILES string of the molecule is C[C@H](NC(=O)OC(C)(C)C)C(=O)OC1CC2CC(C1)N2I. The van der Waals surface area contributed by atoms with E-state index in [1.54, 1.807) is 27.7 Å². The van der Waals surface area contributed by atoms with Crippen molar-refractivity contribution in [2.24, 2.45) is 0 Å². The van der Waals surface area contributed by atoms with E-state index in [2.05, 4.69) is 31.3 Å². The molecule has 3 fully saturated rings. The van der Waals surface area contributed by atoms with Crippen LogP contribution in [0.1, 0.15) is 47.0 Å². The van der Waals surface area contributed by atoms with Crippen molar-refractivity contribution in [3.8, 4) is 0 Å². The summed E-state index contributed by atoms with van der Waals surface area (Å²) in [5, 5.41) is 2.51. The minimum Gasteiger partial charge on any atom is -0.461 e. The number of halogens is 1. The van der Waals surface area contributed by atoms with Gasteiger partial charge in [0, 0.05) is 47.8 Å². The molecule has 3 atom stereocenters. The molecule has 120 valence electrons. The number of nitrogens with one attached hydrogen (secondary N) is 1. The van der Waals surface area contributed by atoms with Crippen LogP contribution in [0, 0.1) is 0 Å². The number of carbonyl (C=O) groups is 2. The monoisotopic (exact) mass is 410 g/mol. The topological polar surface area (TPSA) is 67.9 Å². The minimum absolute atomic E-state index is 0.0323. The molecule has 1 aliphatic carbocycles. The molecule has 6 nitrogen and oxygen atoms in total. The molecule has 21 heavy (non-hydrogen) atoms. The summed E-state index contributed by atoms with van der Waals surface area (Å²) >= 11 is 2.34. The summed E-state index contributed by atoms with van der Waals surface area (Å²) in [6.45, 7) is 6.94. The van der Waals surface area contributed by atoms with Crippen molar-refractivity contribution < 1.29 is 19.1 Å².